The van der Waals surface area contributed by atoms with Crippen molar-refractivity contribution < 1.29 is 0 Å². The normalized spacial score (nSPS) is 10.0. The molecule has 3 nitrogen and oxygen atoms in total. The molecule has 0 atom stereocenters. The van der Waals surface area contributed by atoms with Gasteiger partial charge in [-0.3, -0.25) is 4.98 Å². The second-order valence-electron chi connectivity index (χ2n) is 4.17. The van der Waals surface area contributed by atoms with Gasteiger partial charge in [0.25, 0.3) is 0 Å². The van der Waals surface area contributed by atoms with Crippen LogP contribution in [0.4, 0.5) is 0 Å². The topological polar surface area (TPSA) is 48.7 Å². The number of aryl methyl sites for hydroxylation is 1. The van der Waals surface area contributed by atoms with Gasteiger partial charge in [-0.2, -0.15) is 5.26 Å². The van der Waals surface area contributed by atoms with Crippen molar-refractivity contribution in [3.05, 3.63) is 65.0 Å². The van der Waals surface area contributed by atoms with Gasteiger partial charge >= 0.3 is 0 Å². The van der Waals surface area contributed by atoms with Crippen molar-refractivity contribution >= 4 is 0 Å². The van der Waals surface area contributed by atoms with Gasteiger partial charge in [-0.1, -0.05) is 18.2 Å². The Morgan fingerprint density at radius 1 is 1.17 bits per heavy atom. The van der Waals surface area contributed by atoms with Crippen molar-refractivity contribution in [3.63, 3.8) is 0 Å². The van der Waals surface area contributed by atoms with E-state index >= 15 is 0 Å². The van der Waals surface area contributed by atoms with Crippen molar-refractivity contribution in [1.82, 2.24) is 10.3 Å². The highest BCUT2D eigenvalue weighted by Crippen LogP contribution is 2.08. The van der Waals surface area contributed by atoms with Crippen LogP contribution in [-0.4, -0.2) is 4.98 Å². The van der Waals surface area contributed by atoms with E-state index in [9.17, 15) is 0 Å². The molecule has 0 amide bonds. The zero-order chi connectivity index (χ0) is 12.8. The fourth-order valence-electron chi connectivity index (χ4n) is 1.80. The quantitative estimate of drug-likeness (QED) is 0.889. The van der Waals surface area contributed by atoms with Crippen LogP contribution in [0.5, 0.6) is 0 Å². The lowest BCUT2D eigenvalue weighted by molar-refractivity contribution is 0.687. The molecular weight excluding hydrogens is 222 g/mol. The maximum atomic E-state index is 8.99. The second kappa shape index (κ2) is 5.95. The summed E-state index contributed by atoms with van der Waals surface area (Å²) in [6.45, 7) is 3.53. The highest BCUT2D eigenvalue weighted by atomic mass is 14.9. The number of benzene rings is 1. The van der Waals surface area contributed by atoms with Crippen molar-refractivity contribution in [2.75, 3.05) is 0 Å². The molecule has 1 N–H and O–H groups in total. The summed E-state index contributed by atoms with van der Waals surface area (Å²) in [6, 6.07) is 11.9. The second-order valence-corrected chi connectivity index (χ2v) is 4.17. The maximum absolute atomic E-state index is 8.99. The minimum Gasteiger partial charge on any atom is -0.309 e. The third-order valence-corrected chi connectivity index (χ3v) is 2.92. The van der Waals surface area contributed by atoms with Gasteiger partial charge < -0.3 is 5.32 Å². The van der Waals surface area contributed by atoms with Gasteiger partial charge in [0, 0.05) is 25.5 Å². The molecule has 0 aliphatic rings. The molecule has 2 aromatic rings. The highest BCUT2D eigenvalue weighted by molar-refractivity contribution is 5.37. The van der Waals surface area contributed by atoms with Crippen LogP contribution in [0.25, 0.3) is 0 Å². The predicted octanol–water partition coefficient (Wildman–Crippen LogP) is 2.55. The van der Waals surface area contributed by atoms with E-state index in [1.807, 2.05) is 36.5 Å². The number of hydrogen-bond acceptors (Lipinski definition) is 3. The third-order valence-electron chi connectivity index (χ3n) is 2.92. The predicted molar refractivity (Wildman–Crippen MR) is 70.7 cm³/mol. The number of nitrogens with zero attached hydrogens (tertiary/aromatic N) is 2. The summed E-state index contributed by atoms with van der Waals surface area (Å²) >= 11 is 0. The first-order valence-corrected chi connectivity index (χ1v) is 5.89. The molecule has 0 saturated carbocycles. The lowest BCUT2D eigenvalue weighted by atomic mass is 10.1. The molecule has 2 rings (SSSR count). The van der Waals surface area contributed by atoms with Gasteiger partial charge in [0.15, 0.2) is 0 Å². The highest BCUT2D eigenvalue weighted by Gasteiger charge is 2.01. The molecule has 3 heteroatoms. The molecule has 90 valence electrons. The van der Waals surface area contributed by atoms with Gasteiger partial charge in [-0.15, -0.1) is 0 Å². The van der Waals surface area contributed by atoms with E-state index in [4.69, 9.17) is 5.26 Å². The first-order valence-electron chi connectivity index (χ1n) is 5.89. The van der Waals surface area contributed by atoms with Crippen LogP contribution in [0.15, 0.2) is 42.7 Å². The Kier molecular flexibility index (Phi) is 4.06. The van der Waals surface area contributed by atoms with Crippen LogP contribution in [0.2, 0.25) is 0 Å². The Labute approximate surface area is 107 Å². The summed E-state index contributed by atoms with van der Waals surface area (Å²) < 4.78 is 0. The number of nitriles is 1. The zero-order valence-electron chi connectivity index (χ0n) is 10.4. The number of rotatable bonds is 4. The van der Waals surface area contributed by atoms with E-state index in [0.717, 1.165) is 17.7 Å². The summed E-state index contributed by atoms with van der Waals surface area (Å²) in [6.07, 6.45) is 3.67. The van der Waals surface area contributed by atoms with Crippen molar-refractivity contribution in [3.8, 4) is 6.07 Å². The molecule has 1 aromatic heterocycles. The molecule has 1 aromatic carbocycles. The van der Waals surface area contributed by atoms with Crippen molar-refractivity contribution in [2.45, 2.75) is 20.0 Å². The number of hydrogen-bond donors (Lipinski definition) is 1. The molecule has 18 heavy (non-hydrogen) atoms. The van der Waals surface area contributed by atoms with Gasteiger partial charge in [0.2, 0.25) is 0 Å². The molecular formula is C15H15N3. The van der Waals surface area contributed by atoms with Crippen molar-refractivity contribution in [2.24, 2.45) is 0 Å². The van der Waals surface area contributed by atoms with Crippen LogP contribution in [0, 0.1) is 18.3 Å². The Morgan fingerprint density at radius 2 is 1.94 bits per heavy atom. The lowest BCUT2D eigenvalue weighted by Gasteiger charge is -2.08. The minimum absolute atomic E-state index is 0.693. The Balaban J connectivity index is 1.97. The summed E-state index contributed by atoms with van der Waals surface area (Å²) in [5, 5.41) is 12.3. The standard InChI is InChI=1S/C15H15N3/c1-12-6-7-17-10-15(12)11-18-9-14-5-3-2-4-13(14)8-16/h2-7,10,18H,9,11H2,1H3. The van der Waals surface area contributed by atoms with E-state index in [1.54, 1.807) is 6.20 Å². The van der Waals surface area contributed by atoms with Gasteiger partial charge in [0.05, 0.1) is 11.6 Å². The lowest BCUT2D eigenvalue weighted by Crippen LogP contribution is -2.14. The van der Waals surface area contributed by atoms with Crippen LogP contribution in [0.3, 0.4) is 0 Å². The summed E-state index contributed by atoms with van der Waals surface area (Å²) in [5.74, 6) is 0. The molecule has 0 saturated heterocycles. The number of nitrogens with one attached hydrogen (secondary N) is 1. The van der Waals surface area contributed by atoms with E-state index in [0.29, 0.717) is 6.54 Å². The molecule has 0 aliphatic heterocycles. The van der Waals surface area contributed by atoms with Crippen LogP contribution in [0.1, 0.15) is 22.3 Å². The average molecular weight is 237 g/mol. The summed E-state index contributed by atoms with van der Waals surface area (Å²) in [7, 11) is 0. The fourth-order valence-corrected chi connectivity index (χ4v) is 1.80. The average Bonchev–Trinajstić information content (AvgIpc) is 2.41. The number of pyridine rings is 1. The van der Waals surface area contributed by atoms with E-state index in [1.165, 1.54) is 11.1 Å². The molecule has 0 bridgehead atoms. The van der Waals surface area contributed by atoms with E-state index in [-0.39, 0.29) is 0 Å². The minimum atomic E-state index is 0.693. The molecule has 0 fully saturated rings. The molecule has 0 aliphatic carbocycles. The first-order chi connectivity index (χ1) is 8.81. The van der Waals surface area contributed by atoms with Gasteiger partial charge in [0.1, 0.15) is 0 Å². The SMILES string of the molecule is Cc1ccncc1CNCc1ccccc1C#N. The van der Waals surface area contributed by atoms with Crippen LogP contribution >= 0.6 is 0 Å². The third kappa shape index (κ3) is 2.93. The Hall–Kier alpha value is -2.18. The summed E-state index contributed by atoms with van der Waals surface area (Å²) in [4.78, 5) is 4.11. The first kappa shape index (κ1) is 12.3. The maximum Gasteiger partial charge on any atom is 0.0995 e. The van der Waals surface area contributed by atoms with Crippen LogP contribution < -0.4 is 5.32 Å². The van der Waals surface area contributed by atoms with E-state index < -0.39 is 0 Å². The number of aromatic nitrogens is 1. The van der Waals surface area contributed by atoms with Crippen molar-refractivity contribution in [1.29, 1.82) is 5.26 Å². The Morgan fingerprint density at radius 3 is 2.72 bits per heavy atom. The molecule has 0 radical (unpaired) electrons. The Bertz CT molecular complexity index is 570. The molecule has 1 heterocycles. The zero-order valence-corrected chi connectivity index (χ0v) is 10.4. The van der Waals surface area contributed by atoms with Crippen LogP contribution in [-0.2, 0) is 13.1 Å². The van der Waals surface area contributed by atoms with E-state index in [2.05, 4.69) is 23.3 Å². The molecule has 0 spiro atoms. The van der Waals surface area contributed by atoms with Gasteiger partial charge in [-0.05, 0) is 35.7 Å². The molecule has 0 unspecified atom stereocenters. The summed E-state index contributed by atoms with van der Waals surface area (Å²) in [5.41, 5.74) is 4.17. The monoisotopic (exact) mass is 237 g/mol. The largest absolute Gasteiger partial charge is 0.309 e. The van der Waals surface area contributed by atoms with Gasteiger partial charge in [-0.25, -0.2) is 0 Å². The smallest absolute Gasteiger partial charge is 0.0995 e. The fraction of sp³-hybridized carbons (Fsp3) is 0.200.